The number of nitrogens with zero attached hydrogens (tertiary/aromatic N) is 2. The minimum atomic E-state index is -0.0974. The zero-order valence-electron chi connectivity index (χ0n) is 15.0. The molecular formula is C19H25N3O2S. The summed E-state index contributed by atoms with van der Waals surface area (Å²) in [6, 6.07) is 5.25. The number of H-pyrrole nitrogens is 1. The Bertz CT molecular complexity index is 905. The molecule has 1 aromatic carbocycles. The van der Waals surface area contributed by atoms with Crippen molar-refractivity contribution in [2.75, 3.05) is 13.1 Å². The summed E-state index contributed by atoms with van der Waals surface area (Å²) in [6.07, 6.45) is 2.00. The maximum absolute atomic E-state index is 12.9. The number of benzene rings is 1. The molecule has 1 aromatic heterocycles. The first-order valence-electron chi connectivity index (χ1n) is 8.96. The molecule has 0 saturated carbocycles. The lowest BCUT2D eigenvalue weighted by molar-refractivity contribution is 0.0623. The fourth-order valence-electron chi connectivity index (χ4n) is 3.83. The molecule has 2 heterocycles. The molecule has 0 aliphatic carbocycles. The molecule has 1 fully saturated rings. The average molecular weight is 359 g/mol. The lowest BCUT2D eigenvalue weighted by Crippen LogP contribution is -2.42. The van der Waals surface area contributed by atoms with Crippen molar-refractivity contribution in [2.24, 2.45) is 11.8 Å². The molecule has 1 saturated heterocycles. The third kappa shape index (κ3) is 3.54. The van der Waals surface area contributed by atoms with Crippen LogP contribution in [-0.2, 0) is 6.54 Å². The van der Waals surface area contributed by atoms with Crippen molar-refractivity contribution in [3.63, 3.8) is 0 Å². The fraction of sp³-hybridized carbons (Fsp3) is 0.526. The van der Waals surface area contributed by atoms with Gasteiger partial charge in [0.15, 0.2) is 4.77 Å². The molecule has 134 valence electrons. The monoisotopic (exact) mass is 359 g/mol. The molecular weight excluding hydrogens is 334 g/mol. The highest BCUT2D eigenvalue weighted by Gasteiger charge is 2.26. The predicted octanol–water partition coefficient (Wildman–Crippen LogP) is 3.59. The average Bonchev–Trinajstić information content (AvgIpc) is 2.56. The first kappa shape index (κ1) is 17.9. The summed E-state index contributed by atoms with van der Waals surface area (Å²) in [5, 5.41) is 0.569. The highest BCUT2D eigenvalue weighted by molar-refractivity contribution is 7.71. The van der Waals surface area contributed by atoms with E-state index in [1.807, 2.05) is 11.8 Å². The van der Waals surface area contributed by atoms with Crippen molar-refractivity contribution in [3.05, 3.63) is 38.9 Å². The first-order chi connectivity index (χ1) is 11.9. The first-order valence-corrected chi connectivity index (χ1v) is 9.37. The van der Waals surface area contributed by atoms with Gasteiger partial charge in [-0.05, 0) is 55.1 Å². The Balaban J connectivity index is 1.99. The Labute approximate surface area is 152 Å². The maximum Gasteiger partial charge on any atom is 0.262 e. The number of fused-ring (bicyclic) bond motifs is 1. The SMILES string of the molecule is CCCn1c(=S)[nH]c2cc(C(=O)N3C[C@@H](C)C[C@H](C)C3)ccc2c1=O. The number of carbonyl (C=O) groups is 1. The Morgan fingerprint density at radius 2 is 1.96 bits per heavy atom. The molecule has 2 aromatic rings. The lowest BCUT2D eigenvalue weighted by Gasteiger charge is -2.35. The largest absolute Gasteiger partial charge is 0.338 e. The normalized spacial score (nSPS) is 20.8. The van der Waals surface area contributed by atoms with Gasteiger partial charge in [0, 0.05) is 25.2 Å². The third-order valence-electron chi connectivity index (χ3n) is 4.83. The van der Waals surface area contributed by atoms with Crippen LogP contribution in [0.5, 0.6) is 0 Å². The Morgan fingerprint density at radius 1 is 1.28 bits per heavy atom. The number of aromatic amines is 1. The van der Waals surface area contributed by atoms with E-state index in [1.54, 1.807) is 22.8 Å². The van der Waals surface area contributed by atoms with Crippen LogP contribution in [0.1, 0.15) is 44.0 Å². The Kier molecular flexibility index (Phi) is 5.08. The van der Waals surface area contributed by atoms with Crippen molar-refractivity contribution in [2.45, 2.75) is 40.2 Å². The summed E-state index contributed by atoms with van der Waals surface area (Å²) in [5.74, 6) is 1.05. The van der Waals surface area contributed by atoms with Crippen LogP contribution in [0.15, 0.2) is 23.0 Å². The van der Waals surface area contributed by atoms with Crippen LogP contribution in [0.4, 0.5) is 0 Å². The number of rotatable bonds is 3. The van der Waals surface area contributed by atoms with Crippen molar-refractivity contribution in [3.8, 4) is 0 Å². The molecule has 0 radical (unpaired) electrons. The fourth-order valence-corrected chi connectivity index (χ4v) is 4.11. The topological polar surface area (TPSA) is 58.1 Å². The van der Waals surface area contributed by atoms with Gasteiger partial charge in [0.2, 0.25) is 0 Å². The molecule has 2 atom stereocenters. The molecule has 1 amide bonds. The number of hydrogen-bond donors (Lipinski definition) is 1. The van der Waals surface area contributed by atoms with Gasteiger partial charge >= 0.3 is 0 Å². The molecule has 25 heavy (non-hydrogen) atoms. The van der Waals surface area contributed by atoms with Gasteiger partial charge in [0.25, 0.3) is 11.5 Å². The summed E-state index contributed by atoms with van der Waals surface area (Å²) in [5.41, 5.74) is 1.14. The number of amides is 1. The van der Waals surface area contributed by atoms with Crippen molar-refractivity contribution in [1.29, 1.82) is 0 Å². The van der Waals surface area contributed by atoms with E-state index < -0.39 is 0 Å². The van der Waals surface area contributed by atoms with E-state index >= 15 is 0 Å². The Hall–Kier alpha value is -1.95. The lowest BCUT2D eigenvalue weighted by atomic mass is 9.91. The Morgan fingerprint density at radius 3 is 2.60 bits per heavy atom. The highest BCUT2D eigenvalue weighted by atomic mass is 32.1. The van der Waals surface area contributed by atoms with Gasteiger partial charge in [0.1, 0.15) is 0 Å². The second-order valence-corrected chi connectivity index (χ2v) is 7.69. The standard InChI is InChI=1S/C19H25N3O2S/c1-4-7-22-18(24)15-6-5-14(9-16(15)20-19(22)25)17(23)21-10-12(2)8-13(3)11-21/h5-6,9,12-13H,4,7-8,10-11H2,1-3H3,(H,20,25)/t12-,13-/m0/s1. The third-order valence-corrected chi connectivity index (χ3v) is 5.15. The number of piperidine rings is 1. The van der Waals surface area contributed by atoms with Crippen LogP contribution in [0.25, 0.3) is 10.9 Å². The summed E-state index contributed by atoms with van der Waals surface area (Å²) in [4.78, 5) is 30.5. The van der Waals surface area contributed by atoms with E-state index in [4.69, 9.17) is 12.2 Å². The zero-order chi connectivity index (χ0) is 18.1. The van der Waals surface area contributed by atoms with Crippen LogP contribution in [0, 0.1) is 16.6 Å². The van der Waals surface area contributed by atoms with Gasteiger partial charge in [-0.3, -0.25) is 14.2 Å². The molecule has 3 rings (SSSR count). The van der Waals surface area contributed by atoms with Crippen molar-refractivity contribution >= 4 is 29.0 Å². The maximum atomic E-state index is 12.9. The summed E-state index contributed by atoms with van der Waals surface area (Å²) < 4.78 is 1.98. The summed E-state index contributed by atoms with van der Waals surface area (Å²) in [7, 11) is 0. The zero-order valence-corrected chi connectivity index (χ0v) is 15.9. The molecule has 1 aliphatic heterocycles. The van der Waals surface area contributed by atoms with Crippen LogP contribution >= 0.6 is 12.2 Å². The van der Waals surface area contributed by atoms with Crippen molar-refractivity contribution < 1.29 is 4.79 Å². The highest BCUT2D eigenvalue weighted by Crippen LogP contribution is 2.23. The summed E-state index contributed by atoms with van der Waals surface area (Å²) >= 11 is 5.31. The van der Waals surface area contributed by atoms with Gasteiger partial charge in [0.05, 0.1) is 10.9 Å². The van der Waals surface area contributed by atoms with Gasteiger partial charge < -0.3 is 9.88 Å². The molecule has 5 nitrogen and oxygen atoms in total. The van der Waals surface area contributed by atoms with E-state index in [0.717, 1.165) is 25.9 Å². The van der Waals surface area contributed by atoms with Gasteiger partial charge in [-0.2, -0.15) is 0 Å². The van der Waals surface area contributed by atoms with Gasteiger partial charge in [-0.1, -0.05) is 20.8 Å². The van der Waals surface area contributed by atoms with E-state index in [9.17, 15) is 9.59 Å². The van der Waals surface area contributed by atoms with E-state index in [2.05, 4.69) is 18.8 Å². The minimum absolute atomic E-state index is 0.0253. The van der Waals surface area contributed by atoms with Gasteiger partial charge in [-0.25, -0.2) is 0 Å². The number of aromatic nitrogens is 2. The minimum Gasteiger partial charge on any atom is -0.338 e. The second kappa shape index (κ2) is 7.12. The number of carbonyl (C=O) groups excluding carboxylic acids is 1. The van der Waals surface area contributed by atoms with Gasteiger partial charge in [-0.15, -0.1) is 0 Å². The summed E-state index contributed by atoms with van der Waals surface area (Å²) in [6.45, 7) is 8.54. The smallest absolute Gasteiger partial charge is 0.262 e. The van der Waals surface area contributed by atoms with E-state index in [1.165, 1.54) is 0 Å². The molecule has 6 heteroatoms. The quantitative estimate of drug-likeness (QED) is 0.852. The molecule has 1 aliphatic rings. The second-order valence-electron chi connectivity index (χ2n) is 7.30. The molecule has 1 N–H and O–H groups in total. The predicted molar refractivity (Wildman–Crippen MR) is 103 cm³/mol. The number of hydrogen-bond acceptors (Lipinski definition) is 3. The molecule has 0 spiro atoms. The van der Waals surface area contributed by atoms with E-state index in [0.29, 0.717) is 39.6 Å². The van der Waals surface area contributed by atoms with Crippen LogP contribution < -0.4 is 5.56 Å². The number of likely N-dealkylation sites (tertiary alicyclic amines) is 1. The molecule has 0 unspecified atom stereocenters. The van der Waals surface area contributed by atoms with Crippen LogP contribution in [0.2, 0.25) is 0 Å². The number of nitrogens with one attached hydrogen (secondary N) is 1. The van der Waals surface area contributed by atoms with Crippen LogP contribution in [-0.4, -0.2) is 33.4 Å². The molecule has 0 bridgehead atoms. The van der Waals surface area contributed by atoms with Crippen LogP contribution in [0.3, 0.4) is 0 Å². The van der Waals surface area contributed by atoms with E-state index in [-0.39, 0.29) is 11.5 Å². The van der Waals surface area contributed by atoms with Crippen molar-refractivity contribution in [1.82, 2.24) is 14.5 Å².